The summed E-state index contributed by atoms with van der Waals surface area (Å²) in [5.74, 6) is -1.19. The Morgan fingerprint density at radius 3 is 2.75 bits per heavy atom. The normalized spacial score (nSPS) is 21.6. The molecule has 11 nitrogen and oxygen atoms in total. The van der Waals surface area contributed by atoms with Crippen LogP contribution in [0.15, 0.2) is 42.4 Å². The van der Waals surface area contributed by atoms with E-state index in [9.17, 15) is 14.0 Å². The van der Waals surface area contributed by atoms with E-state index in [2.05, 4.69) is 20.2 Å². The van der Waals surface area contributed by atoms with Crippen molar-refractivity contribution < 1.29 is 18.7 Å². The van der Waals surface area contributed by atoms with Gasteiger partial charge in [-0.1, -0.05) is 0 Å². The van der Waals surface area contributed by atoms with E-state index in [1.165, 1.54) is 13.2 Å². The number of rotatable bonds is 7. The van der Waals surface area contributed by atoms with Crippen LogP contribution in [-0.4, -0.2) is 70.7 Å². The summed E-state index contributed by atoms with van der Waals surface area (Å²) in [6.07, 6.45) is 7.24. The van der Waals surface area contributed by atoms with Gasteiger partial charge in [0.25, 0.3) is 5.91 Å². The Hall–Kier alpha value is -4.53. The molecule has 2 atom stereocenters. The zero-order chi connectivity index (χ0) is 28.4. The van der Waals surface area contributed by atoms with Crippen LogP contribution in [0, 0.1) is 28.5 Å². The van der Waals surface area contributed by atoms with E-state index in [-0.39, 0.29) is 40.7 Å². The van der Waals surface area contributed by atoms with Gasteiger partial charge in [0.15, 0.2) is 5.82 Å². The van der Waals surface area contributed by atoms with Crippen LogP contribution >= 0.6 is 0 Å². The first-order valence-corrected chi connectivity index (χ1v) is 13.2. The van der Waals surface area contributed by atoms with Crippen molar-refractivity contribution in [2.75, 3.05) is 31.6 Å². The van der Waals surface area contributed by atoms with Crippen molar-refractivity contribution in [1.29, 1.82) is 10.7 Å². The predicted molar refractivity (Wildman–Crippen MR) is 144 cm³/mol. The average molecular weight is 547 g/mol. The van der Waals surface area contributed by atoms with Gasteiger partial charge in [0.2, 0.25) is 11.8 Å². The molecule has 2 aromatic heterocycles. The monoisotopic (exact) mass is 546 g/mol. The summed E-state index contributed by atoms with van der Waals surface area (Å²) in [6, 6.07) is 6.86. The Bertz CT molecular complexity index is 1400. The number of allylic oxidation sites excluding steroid dienone is 1. The maximum Gasteiger partial charge on any atom is 0.270 e. The Kier molecular flexibility index (Phi) is 7.38. The Labute approximate surface area is 231 Å². The van der Waals surface area contributed by atoms with Crippen molar-refractivity contribution in [2.24, 2.45) is 11.7 Å². The minimum absolute atomic E-state index is 0.00409. The number of anilines is 1. The van der Waals surface area contributed by atoms with Gasteiger partial charge in [-0.05, 0) is 50.3 Å². The molecular weight excluding hydrogens is 515 g/mol. The number of carbonyl (C=O) groups is 2. The number of ether oxygens (including phenoxy) is 1. The van der Waals surface area contributed by atoms with Crippen molar-refractivity contribution >= 4 is 23.2 Å². The van der Waals surface area contributed by atoms with Crippen molar-refractivity contribution in [2.45, 2.75) is 43.7 Å². The quantitative estimate of drug-likeness (QED) is 0.350. The molecule has 40 heavy (non-hydrogen) atoms. The zero-order valence-electron chi connectivity index (χ0n) is 22.2. The van der Waals surface area contributed by atoms with Crippen molar-refractivity contribution in [3.8, 4) is 11.9 Å². The smallest absolute Gasteiger partial charge is 0.270 e. The van der Waals surface area contributed by atoms with Crippen LogP contribution in [-0.2, 0) is 9.59 Å². The number of hydrogen-bond acceptors (Lipinski definition) is 9. The number of methoxy groups -OCH3 is 1. The molecule has 2 saturated heterocycles. The fourth-order valence-corrected chi connectivity index (χ4v) is 5.61. The van der Waals surface area contributed by atoms with E-state index < -0.39 is 17.3 Å². The van der Waals surface area contributed by atoms with Crippen LogP contribution in [0.4, 0.5) is 10.1 Å². The summed E-state index contributed by atoms with van der Waals surface area (Å²) in [4.78, 5) is 38.2. The third-order valence-electron chi connectivity index (χ3n) is 7.98. The minimum atomic E-state index is -0.716. The molecule has 1 aliphatic carbocycles. The molecular formula is C28H31FN8O3. The van der Waals surface area contributed by atoms with Crippen LogP contribution in [0.5, 0.6) is 5.88 Å². The molecule has 3 aliphatic rings. The van der Waals surface area contributed by atoms with E-state index in [1.54, 1.807) is 17.2 Å². The molecule has 0 aromatic carbocycles. The summed E-state index contributed by atoms with van der Waals surface area (Å²) in [6.45, 7) is 1.83. The number of amides is 2. The second kappa shape index (κ2) is 10.9. The van der Waals surface area contributed by atoms with Crippen LogP contribution in [0.2, 0.25) is 0 Å². The number of nitrogens with one attached hydrogen (secondary N) is 2. The molecule has 12 heteroatoms. The van der Waals surface area contributed by atoms with Crippen LogP contribution < -0.4 is 20.7 Å². The molecule has 4 N–H and O–H groups in total. The fraction of sp³-hybridized carbons (Fsp3) is 0.429. The van der Waals surface area contributed by atoms with Crippen molar-refractivity contribution in [1.82, 2.24) is 20.2 Å². The van der Waals surface area contributed by atoms with Crippen molar-refractivity contribution in [3.63, 3.8) is 0 Å². The maximum absolute atomic E-state index is 14.2. The molecule has 2 aliphatic heterocycles. The number of nitriles is 1. The highest BCUT2D eigenvalue weighted by atomic mass is 19.1. The van der Waals surface area contributed by atoms with E-state index >= 15 is 0 Å². The largest absolute Gasteiger partial charge is 0.481 e. The number of aromatic nitrogens is 2. The molecule has 1 spiro atoms. The molecule has 208 valence electrons. The van der Waals surface area contributed by atoms with E-state index in [1.807, 2.05) is 12.1 Å². The number of halogens is 1. The molecule has 2 aromatic rings. The summed E-state index contributed by atoms with van der Waals surface area (Å²) in [7, 11) is 1.39. The number of carbonyl (C=O) groups excluding carboxylic acids is 2. The van der Waals surface area contributed by atoms with Crippen molar-refractivity contribution in [3.05, 3.63) is 59.4 Å². The van der Waals surface area contributed by atoms with Gasteiger partial charge >= 0.3 is 0 Å². The number of nitrogens with zero attached hydrogens (tertiary/aromatic N) is 5. The summed E-state index contributed by atoms with van der Waals surface area (Å²) in [5, 5.41) is 20.4. The molecule has 0 radical (unpaired) electrons. The SMILES string of the molecule is COc1cc(C(=N)C=C(N)C(=O)N2CC[C@H](C(=O)NC3CCN(c4ccc(C#N)nc4)C3)CC23CC3)c(F)cn1. The lowest BCUT2D eigenvalue weighted by Crippen LogP contribution is -2.52. The Morgan fingerprint density at radius 1 is 1.27 bits per heavy atom. The lowest BCUT2D eigenvalue weighted by Gasteiger charge is -2.40. The van der Waals surface area contributed by atoms with Crippen LogP contribution in [0.1, 0.15) is 43.4 Å². The van der Waals surface area contributed by atoms with Gasteiger partial charge in [-0.25, -0.2) is 14.4 Å². The van der Waals surface area contributed by atoms with Crippen LogP contribution in [0.3, 0.4) is 0 Å². The molecule has 0 bridgehead atoms. The van der Waals surface area contributed by atoms with E-state index in [0.717, 1.165) is 43.8 Å². The summed E-state index contributed by atoms with van der Waals surface area (Å²) >= 11 is 0. The summed E-state index contributed by atoms with van der Waals surface area (Å²) in [5.41, 5.74) is 6.48. The molecule has 5 rings (SSSR count). The van der Waals surface area contributed by atoms with E-state index in [0.29, 0.717) is 31.6 Å². The first kappa shape index (κ1) is 27.1. The number of hydrogen-bond donors (Lipinski definition) is 3. The molecule has 3 fully saturated rings. The van der Waals surface area contributed by atoms with Gasteiger partial charge in [0.05, 0.1) is 36.6 Å². The predicted octanol–water partition coefficient (Wildman–Crippen LogP) is 1.87. The summed E-state index contributed by atoms with van der Waals surface area (Å²) < 4.78 is 19.2. The number of nitrogens with two attached hydrogens (primary N) is 1. The Balaban J connectivity index is 1.18. The molecule has 2 amide bonds. The number of likely N-dealkylation sites (tertiary alicyclic amines) is 1. The zero-order valence-corrected chi connectivity index (χ0v) is 22.2. The average Bonchev–Trinajstić information content (AvgIpc) is 3.56. The fourth-order valence-electron chi connectivity index (χ4n) is 5.61. The standard InChI is InChI=1S/C28H31FN8O3/c1-40-25-10-21(22(29)15-34-25)23(31)11-24(32)27(39)37-9-4-17(12-28(37)6-7-28)26(38)35-19-5-8-36(16-19)20-3-2-18(13-30)33-14-20/h2-3,10-11,14-15,17,19,31H,4-9,12,16,32H2,1H3,(H,35,38)/t17-,19?/m0/s1. The molecule has 4 heterocycles. The van der Waals surface area contributed by atoms with Gasteiger partial charge in [-0.3, -0.25) is 9.59 Å². The second-order valence-electron chi connectivity index (χ2n) is 10.5. The van der Waals surface area contributed by atoms with Gasteiger partial charge in [0, 0.05) is 48.8 Å². The number of pyridine rings is 2. The third kappa shape index (κ3) is 5.45. The molecule has 1 saturated carbocycles. The first-order chi connectivity index (χ1) is 19.2. The van der Waals surface area contributed by atoms with Gasteiger partial charge in [0.1, 0.15) is 11.8 Å². The van der Waals surface area contributed by atoms with Gasteiger partial charge in [-0.15, -0.1) is 0 Å². The van der Waals surface area contributed by atoms with Gasteiger partial charge in [-0.2, -0.15) is 5.26 Å². The lowest BCUT2D eigenvalue weighted by atomic mass is 9.87. The number of piperidine rings is 1. The Morgan fingerprint density at radius 2 is 2.08 bits per heavy atom. The highest BCUT2D eigenvalue weighted by molar-refractivity contribution is 6.11. The molecule has 1 unspecified atom stereocenters. The van der Waals surface area contributed by atoms with Gasteiger partial charge < -0.3 is 31.0 Å². The lowest BCUT2D eigenvalue weighted by molar-refractivity contribution is -0.137. The topological polar surface area (TPSA) is 161 Å². The van der Waals surface area contributed by atoms with Crippen LogP contribution in [0.25, 0.3) is 0 Å². The highest BCUT2D eigenvalue weighted by Gasteiger charge is 2.54. The second-order valence-corrected chi connectivity index (χ2v) is 10.5. The highest BCUT2D eigenvalue weighted by Crippen LogP contribution is 2.50. The third-order valence-corrected chi connectivity index (χ3v) is 7.98. The first-order valence-electron chi connectivity index (χ1n) is 13.2. The minimum Gasteiger partial charge on any atom is -0.481 e. The van der Waals surface area contributed by atoms with E-state index in [4.69, 9.17) is 21.1 Å². The maximum atomic E-state index is 14.2.